The van der Waals surface area contributed by atoms with Crippen molar-refractivity contribution in [1.82, 2.24) is 9.97 Å². The standard InChI is InChI=1S/C13H12FN3O2/c1-2-19-12-4-3-10(8-16-12)17-13(18)9-5-6-15-11(14)7-9/h3-8H,2H2,1H3,(H,17,18). The summed E-state index contributed by atoms with van der Waals surface area (Å²) in [6, 6.07) is 5.80. The van der Waals surface area contributed by atoms with E-state index in [1.165, 1.54) is 18.5 Å². The zero-order valence-electron chi connectivity index (χ0n) is 10.3. The Hall–Kier alpha value is -2.50. The van der Waals surface area contributed by atoms with Gasteiger partial charge < -0.3 is 10.1 Å². The highest BCUT2D eigenvalue weighted by molar-refractivity contribution is 6.04. The SMILES string of the molecule is CCOc1ccc(NC(=O)c2ccnc(F)c2)cn1. The maximum absolute atomic E-state index is 12.9. The average Bonchev–Trinajstić information content (AvgIpc) is 2.41. The van der Waals surface area contributed by atoms with E-state index in [1.807, 2.05) is 6.92 Å². The molecule has 5 nitrogen and oxygen atoms in total. The molecule has 2 aromatic rings. The van der Waals surface area contributed by atoms with Gasteiger partial charge in [0.1, 0.15) is 0 Å². The van der Waals surface area contributed by atoms with Crippen LogP contribution in [0, 0.1) is 5.95 Å². The lowest BCUT2D eigenvalue weighted by molar-refractivity contribution is 0.102. The van der Waals surface area contributed by atoms with Crippen molar-refractivity contribution in [3.05, 3.63) is 48.2 Å². The second-order valence-corrected chi connectivity index (χ2v) is 3.64. The maximum Gasteiger partial charge on any atom is 0.255 e. The van der Waals surface area contributed by atoms with Gasteiger partial charge in [0.25, 0.3) is 5.91 Å². The summed E-state index contributed by atoms with van der Waals surface area (Å²) in [6.45, 7) is 2.38. The fourth-order valence-corrected chi connectivity index (χ4v) is 1.43. The summed E-state index contributed by atoms with van der Waals surface area (Å²) in [5, 5.41) is 2.60. The van der Waals surface area contributed by atoms with E-state index in [9.17, 15) is 9.18 Å². The number of amides is 1. The molecular formula is C13H12FN3O2. The lowest BCUT2D eigenvalue weighted by Crippen LogP contribution is -2.12. The van der Waals surface area contributed by atoms with Crippen molar-refractivity contribution in [2.75, 3.05) is 11.9 Å². The van der Waals surface area contributed by atoms with Gasteiger partial charge in [-0.25, -0.2) is 9.97 Å². The van der Waals surface area contributed by atoms with Crippen molar-refractivity contribution in [3.8, 4) is 5.88 Å². The van der Waals surface area contributed by atoms with E-state index in [2.05, 4.69) is 15.3 Å². The number of pyridine rings is 2. The lowest BCUT2D eigenvalue weighted by Gasteiger charge is -2.06. The van der Waals surface area contributed by atoms with Crippen LogP contribution in [-0.4, -0.2) is 22.5 Å². The molecular weight excluding hydrogens is 249 g/mol. The Bertz CT molecular complexity index is 572. The molecule has 1 N–H and O–H groups in total. The predicted molar refractivity (Wildman–Crippen MR) is 67.6 cm³/mol. The summed E-state index contributed by atoms with van der Waals surface area (Å²) < 4.78 is 18.1. The van der Waals surface area contributed by atoms with Gasteiger partial charge in [-0.15, -0.1) is 0 Å². The minimum atomic E-state index is -0.697. The third-order valence-corrected chi connectivity index (χ3v) is 2.28. The molecule has 0 spiro atoms. The van der Waals surface area contributed by atoms with Crippen LogP contribution in [0.15, 0.2) is 36.7 Å². The number of aromatic nitrogens is 2. The molecule has 2 heterocycles. The molecule has 2 aromatic heterocycles. The van der Waals surface area contributed by atoms with Crippen LogP contribution in [0.2, 0.25) is 0 Å². The summed E-state index contributed by atoms with van der Waals surface area (Å²) >= 11 is 0. The van der Waals surface area contributed by atoms with E-state index in [4.69, 9.17) is 4.74 Å². The molecule has 0 fully saturated rings. The highest BCUT2D eigenvalue weighted by Crippen LogP contribution is 2.13. The maximum atomic E-state index is 12.9. The first-order valence-electron chi connectivity index (χ1n) is 5.71. The third-order valence-electron chi connectivity index (χ3n) is 2.28. The molecule has 0 radical (unpaired) electrons. The van der Waals surface area contributed by atoms with Gasteiger partial charge in [0.2, 0.25) is 11.8 Å². The molecule has 0 aliphatic carbocycles. The van der Waals surface area contributed by atoms with Crippen LogP contribution < -0.4 is 10.1 Å². The molecule has 1 amide bonds. The Labute approximate surface area is 109 Å². The van der Waals surface area contributed by atoms with Gasteiger partial charge in [0, 0.05) is 23.9 Å². The van der Waals surface area contributed by atoms with E-state index in [1.54, 1.807) is 12.1 Å². The number of hydrogen-bond acceptors (Lipinski definition) is 4. The Morgan fingerprint density at radius 1 is 1.37 bits per heavy atom. The second kappa shape index (κ2) is 5.90. The van der Waals surface area contributed by atoms with Crippen LogP contribution in [0.5, 0.6) is 5.88 Å². The first-order chi connectivity index (χ1) is 9.19. The summed E-state index contributed by atoms with van der Waals surface area (Å²) in [5.41, 5.74) is 0.701. The molecule has 0 saturated carbocycles. The highest BCUT2D eigenvalue weighted by atomic mass is 19.1. The van der Waals surface area contributed by atoms with Crippen molar-refractivity contribution in [2.45, 2.75) is 6.92 Å². The molecule has 0 aromatic carbocycles. The number of hydrogen-bond donors (Lipinski definition) is 1. The normalized spacial score (nSPS) is 10.0. The Morgan fingerprint density at radius 3 is 2.84 bits per heavy atom. The Balaban J connectivity index is 2.06. The molecule has 0 unspecified atom stereocenters. The fourth-order valence-electron chi connectivity index (χ4n) is 1.43. The number of halogens is 1. The molecule has 0 atom stereocenters. The van der Waals surface area contributed by atoms with Gasteiger partial charge >= 0.3 is 0 Å². The third kappa shape index (κ3) is 3.48. The molecule has 0 aliphatic heterocycles. The van der Waals surface area contributed by atoms with Crippen LogP contribution in [0.3, 0.4) is 0 Å². The molecule has 98 valence electrons. The highest BCUT2D eigenvalue weighted by Gasteiger charge is 2.07. The quantitative estimate of drug-likeness (QED) is 0.857. The molecule has 2 rings (SSSR count). The molecule has 0 saturated heterocycles. The Kier molecular flexibility index (Phi) is 4.02. The van der Waals surface area contributed by atoms with Gasteiger partial charge in [-0.05, 0) is 19.1 Å². The molecule has 19 heavy (non-hydrogen) atoms. The minimum Gasteiger partial charge on any atom is -0.478 e. The molecule has 6 heteroatoms. The number of nitrogens with one attached hydrogen (secondary N) is 1. The summed E-state index contributed by atoms with van der Waals surface area (Å²) in [5.74, 6) is -0.639. The van der Waals surface area contributed by atoms with E-state index < -0.39 is 11.9 Å². The van der Waals surface area contributed by atoms with Gasteiger partial charge in [-0.1, -0.05) is 0 Å². The monoisotopic (exact) mass is 261 g/mol. The topological polar surface area (TPSA) is 64.1 Å². The van der Waals surface area contributed by atoms with Crippen molar-refractivity contribution >= 4 is 11.6 Å². The number of anilines is 1. The zero-order chi connectivity index (χ0) is 13.7. The van der Waals surface area contributed by atoms with Crippen molar-refractivity contribution in [3.63, 3.8) is 0 Å². The zero-order valence-corrected chi connectivity index (χ0v) is 10.3. The van der Waals surface area contributed by atoms with E-state index in [-0.39, 0.29) is 5.56 Å². The summed E-state index contributed by atoms with van der Waals surface area (Å²) in [4.78, 5) is 19.2. The number of carbonyl (C=O) groups excluding carboxylic acids is 1. The number of rotatable bonds is 4. The fraction of sp³-hybridized carbons (Fsp3) is 0.154. The van der Waals surface area contributed by atoms with E-state index >= 15 is 0 Å². The van der Waals surface area contributed by atoms with Crippen molar-refractivity contribution < 1.29 is 13.9 Å². The van der Waals surface area contributed by atoms with Crippen molar-refractivity contribution in [2.24, 2.45) is 0 Å². The predicted octanol–water partition coefficient (Wildman–Crippen LogP) is 2.27. The first kappa shape index (κ1) is 12.9. The Morgan fingerprint density at radius 2 is 2.21 bits per heavy atom. The number of carbonyl (C=O) groups is 1. The van der Waals surface area contributed by atoms with Gasteiger partial charge in [-0.3, -0.25) is 4.79 Å². The number of nitrogens with zero attached hydrogens (tertiary/aromatic N) is 2. The van der Waals surface area contributed by atoms with Crippen LogP contribution in [0.25, 0.3) is 0 Å². The van der Waals surface area contributed by atoms with Crippen LogP contribution in [0.4, 0.5) is 10.1 Å². The van der Waals surface area contributed by atoms with Gasteiger partial charge in [-0.2, -0.15) is 4.39 Å². The van der Waals surface area contributed by atoms with Crippen LogP contribution >= 0.6 is 0 Å². The second-order valence-electron chi connectivity index (χ2n) is 3.64. The summed E-state index contributed by atoms with van der Waals surface area (Å²) in [6.07, 6.45) is 2.71. The minimum absolute atomic E-state index is 0.196. The smallest absolute Gasteiger partial charge is 0.255 e. The van der Waals surface area contributed by atoms with Crippen LogP contribution in [0.1, 0.15) is 17.3 Å². The first-order valence-corrected chi connectivity index (χ1v) is 5.71. The summed E-state index contributed by atoms with van der Waals surface area (Å²) in [7, 11) is 0. The van der Waals surface area contributed by atoms with E-state index in [0.29, 0.717) is 18.2 Å². The lowest BCUT2D eigenvalue weighted by atomic mass is 10.2. The van der Waals surface area contributed by atoms with E-state index in [0.717, 1.165) is 6.07 Å². The molecule has 0 bridgehead atoms. The largest absolute Gasteiger partial charge is 0.478 e. The van der Waals surface area contributed by atoms with Gasteiger partial charge in [0.15, 0.2) is 0 Å². The average molecular weight is 261 g/mol. The van der Waals surface area contributed by atoms with Gasteiger partial charge in [0.05, 0.1) is 18.5 Å². The van der Waals surface area contributed by atoms with Crippen LogP contribution in [-0.2, 0) is 0 Å². The molecule has 0 aliphatic rings. The number of ether oxygens (including phenoxy) is 1. The van der Waals surface area contributed by atoms with Crippen molar-refractivity contribution in [1.29, 1.82) is 0 Å².